The summed E-state index contributed by atoms with van der Waals surface area (Å²) in [4.78, 5) is 10.5. The summed E-state index contributed by atoms with van der Waals surface area (Å²) in [5.74, 6) is 2.61. The van der Waals surface area contributed by atoms with Crippen LogP contribution in [0.25, 0.3) is 0 Å². The van der Waals surface area contributed by atoms with Gasteiger partial charge in [-0.2, -0.15) is 0 Å². The number of nitrogens with one attached hydrogen (secondary N) is 1. The fourth-order valence-corrected chi connectivity index (χ4v) is 1.54. The Labute approximate surface area is 98.1 Å². The number of rotatable bonds is 6. The second-order valence-corrected chi connectivity index (χ2v) is 4.47. The molecule has 0 atom stereocenters. The monoisotopic (exact) mass is 222 g/mol. The molecule has 1 aromatic rings. The first-order chi connectivity index (χ1) is 7.63. The summed E-state index contributed by atoms with van der Waals surface area (Å²) in [5.41, 5.74) is 0. The maximum absolute atomic E-state index is 4.26. The minimum atomic E-state index is 0.770. The van der Waals surface area contributed by atoms with E-state index < -0.39 is 0 Å². The molecule has 90 valence electrons. The van der Waals surface area contributed by atoms with Gasteiger partial charge in [0.05, 0.1) is 0 Å². The summed E-state index contributed by atoms with van der Waals surface area (Å²) in [6, 6.07) is 1.97. The zero-order chi connectivity index (χ0) is 12.0. The molecule has 1 aromatic heterocycles. The Morgan fingerprint density at radius 3 is 2.75 bits per heavy atom. The van der Waals surface area contributed by atoms with Crippen molar-refractivity contribution in [3.63, 3.8) is 0 Å². The van der Waals surface area contributed by atoms with E-state index >= 15 is 0 Å². The van der Waals surface area contributed by atoms with Crippen LogP contribution in [-0.2, 0) is 0 Å². The van der Waals surface area contributed by atoms with Crippen LogP contribution >= 0.6 is 0 Å². The van der Waals surface area contributed by atoms with E-state index in [0.29, 0.717) is 0 Å². The first kappa shape index (κ1) is 12.7. The van der Waals surface area contributed by atoms with E-state index in [1.807, 2.05) is 13.1 Å². The topological polar surface area (TPSA) is 41.0 Å². The first-order valence-electron chi connectivity index (χ1n) is 5.84. The standard InChI is InChI=1S/C12H22N4/c1-10(2)6-5-7-16(4)12-8-11(13-3)14-9-15-12/h8-10H,5-7H2,1-4H3,(H,13,14,15). The highest BCUT2D eigenvalue weighted by Gasteiger charge is 2.04. The Morgan fingerprint density at radius 2 is 2.12 bits per heavy atom. The van der Waals surface area contributed by atoms with E-state index in [2.05, 4.69) is 41.1 Å². The fraction of sp³-hybridized carbons (Fsp3) is 0.667. The Hall–Kier alpha value is -1.32. The van der Waals surface area contributed by atoms with Crippen molar-refractivity contribution < 1.29 is 0 Å². The quantitative estimate of drug-likeness (QED) is 0.802. The van der Waals surface area contributed by atoms with Crippen molar-refractivity contribution in [3.8, 4) is 0 Å². The molecule has 0 saturated carbocycles. The SMILES string of the molecule is CNc1cc(N(C)CCCC(C)C)ncn1. The molecule has 0 aliphatic carbocycles. The van der Waals surface area contributed by atoms with E-state index in [9.17, 15) is 0 Å². The molecule has 1 heterocycles. The first-order valence-corrected chi connectivity index (χ1v) is 5.84. The van der Waals surface area contributed by atoms with Crippen LogP contribution in [0.15, 0.2) is 12.4 Å². The van der Waals surface area contributed by atoms with E-state index in [4.69, 9.17) is 0 Å². The van der Waals surface area contributed by atoms with Gasteiger partial charge in [-0.15, -0.1) is 0 Å². The van der Waals surface area contributed by atoms with Crippen LogP contribution in [-0.4, -0.2) is 30.6 Å². The largest absolute Gasteiger partial charge is 0.373 e. The maximum atomic E-state index is 4.26. The Balaban J connectivity index is 2.48. The van der Waals surface area contributed by atoms with Crippen LogP contribution in [0.4, 0.5) is 11.6 Å². The van der Waals surface area contributed by atoms with Crippen LogP contribution in [0, 0.1) is 5.92 Å². The van der Waals surface area contributed by atoms with Gasteiger partial charge in [0.25, 0.3) is 0 Å². The van der Waals surface area contributed by atoms with Gasteiger partial charge in [0.1, 0.15) is 18.0 Å². The number of hydrogen-bond acceptors (Lipinski definition) is 4. The molecule has 0 fully saturated rings. The van der Waals surface area contributed by atoms with Crippen LogP contribution < -0.4 is 10.2 Å². The lowest BCUT2D eigenvalue weighted by Gasteiger charge is -2.18. The Morgan fingerprint density at radius 1 is 1.38 bits per heavy atom. The van der Waals surface area contributed by atoms with Gasteiger partial charge in [0.15, 0.2) is 0 Å². The smallest absolute Gasteiger partial charge is 0.133 e. The Kier molecular flexibility index (Phi) is 5.02. The van der Waals surface area contributed by atoms with Crippen LogP contribution in [0.5, 0.6) is 0 Å². The van der Waals surface area contributed by atoms with Gasteiger partial charge in [-0.3, -0.25) is 0 Å². The lowest BCUT2D eigenvalue weighted by atomic mass is 10.1. The van der Waals surface area contributed by atoms with Crippen molar-refractivity contribution >= 4 is 11.6 Å². The van der Waals surface area contributed by atoms with Crippen molar-refractivity contribution in [2.45, 2.75) is 26.7 Å². The molecule has 0 unspecified atom stereocenters. The van der Waals surface area contributed by atoms with Crippen LogP contribution in [0.1, 0.15) is 26.7 Å². The number of hydrogen-bond donors (Lipinski definition) is 1. The molecule has 16 heavy (non-hydrogen) atoms. The summed E-state index contributed by atoms with van der Waals surface area (Å²) < 4.78 is 0. The summed E-state index contributed by atoms with van der Waals surface area (Å²) in [7, 11) is 3.94. The highest BCUT2D eigenvalue weighted by Crippen LogP contribution is 2.13. The van der Waals surface area contributed by atoms with Crippen molar-refractivity contribution in [1.29, 1.82) is 0 Å². The van der Waals surface area contributed by atoms with Crippen molar-refractivity contribution in [1.82, 2.24) is 9.97 Å². The third-order valence-corrected chi connectivity index (χ3v) is 2.57. The van der Waals surface area contributed by atoms with Crippen molar-refractivity contribution in [2.24, 2.45) is 5.92 Å². The number of anilines is 2. The highest BCUT2D eigenvalue weighted by atomic mass is 15.2. The van der Waals surface area contributed by atoms with Crippen molar-refractivity contribution in [2.75, 3.05) is 30.9 Å². The lowest BCUT2D eigenvalue weighted by Crippen LogP contribution is -2.20. The molecule has 0 aromatic carbocycles. The zero-order valence-electron chi connectivity index (χ0n) is 10.7. The minimum Gasteiger partial charge on any atom is -0.373 e. The Bertz CT molecular complexity index is 312. The van der Waals surface area contributed by atoms with Gasteiger partial charge in [-0.1, -0.05) is 13.8 Å². The molecule has 0 amide bonds. The summed E-state index contributed by atoms with van der Waals surface area (Å²) in [6.45, 7) is 5.55. The molecule has 0 spiro atoms. The molecule has 0 bridgehead atoms. The molecule has 0 saturated heterocycles. The molecule has 0 radical (unpaired) electrons. The fourth-order valence-electron chi connectivity index (χ4n) is 1.54. The van der Waals surface area contributed by atoms with Gasteiger partial charge >= 0.3 is 0 Å². The van der Waals surface area contributed by atoms with Gasteiger partial charge in [-0.05, 0) is 18.8 Å². The van der Waals surface area contributed by atoms with Gasteiger partial charge < -0.3 is 10.2 Å². The average molecular weight is 222 g/mol. The summed E-state index contributed by atoms with van der Waals surface area (Å²) in [5, 5.41) is 3.02. The minimum absolute atomic E-state index is 0.770. The second-order valence-electron chi connectivity index (χ2n) is 4.47. The van der Waals surface area contributed by atoms with Crippen LogP contribution in [0.3, 0.4) is 0 Å². The van der Waals surface area contributed by atoms with Gasteiger partial charge in [0.2, 0.25) is 0 Å². The third kappa shape index (κ3) is 4.04. The second kappa shape index (κ2) is 6.30. The maximum Gasteiger partial charge on any atom is 0.133 e. The van der Waals surface area contributed by atoms with Gasteiger partial charge in [-0.25, -0.2) is 9.97 Å². The zero-order valence-corrected chi connectivity index (χ0v) is 10.7. The molecule has 1 N–H and O–H groups in total. The number of nitrogens with zero attached hydrogens (tertiary/aromatic N) is 3. The molecule has 4 nitrogen and oxygen atoms in total. The van der Waals surface area contributed by atoms with E-state index in [0.717, 1.165) is 24.1 Å². The molecule has 0 aliphatic rings. The summed E-state index contributed by atoms with van der Waals surface area (Å²) in [6.07, 6.45) is 4.06. The van der Waals surface area contributed by atoms with Crippen molar-refractivity contribution in [3.05, 3.63) is 12.4 Å². The normalized spacial score (nSPS) is 10.6. The molecule has 0 aliphatic heterocycles. The number of aromatic nitrogens is 2. The van der Waals surface area contributed by atoms with Crippen LogP contribution in [0.2, 0.25) is 0 Å². The molecular formula is C12H22N4. The molecule has 1 rings (SSSR count). The molecule has 4 heteroatoms. The van der Waals surface area contributed by atoms with E-state index in [1.165, 1.54) is 12.8 Å². The summed E-state index contributed by atoms with van der Waals surface area (Å²) >= 11 is 0. The van der Waals surface area contributed by atoms with E-state index in [-0.39, 0.29) is 0 Å². The predicted molar refractivity (Wildman–Crippen MR) is 68.9 cm³/mol. The van der Waals surface area contributed by atoms with Gasteiger partial charge in [0, 0.05) is 26.7 Å². The lowest BCUT2D eigenvalue weighted by molar-refractivity contribution is 0.555. The third-order valence-electron chi connectivity index (χ3n) is 2.57. The average Bonchev–Trinajstić information content (AvgIpc) is 2.28. The van der Waals surface area contributed by atoms with E-state index in [1.54, 1.807) is 6.33 Å². The molecular weight excluding hydrogens is 200 g/mol. The predicted octanol–water partition coefficient (Wildman–Crippen LogP) is 2.39. The highest BCUT2D eigenvalue weighted by molar-refractivity contribution is 5.47.